The number of benzene rings is 2. The average molecular weight is 298 g/mol. The summed E-state index contributed by atoms with van der Waals surface area (Å²) in [5.74, 6) is 0.492. The van der Waals surface area contributed by atoms with Crippen LogP contribution in [-0.2, 0) is 15.3 Å². The molecule has 0 bridgehead atoms. The van der Waals surface area contributed by atoms with Crippen LogP contribution in [0.25, 0.3) is 4.91 Å². The van der Waals surface area contributed by atoms with Crippen molar-refractivity contribution in [3.8, 4) is 0 Å². The molecule has 0 atom stereocenters. The van der Waals surface area contributed by atoms with Gasteiger partial charge in [-0.2, -0.15) is 0 Å². The predicted molar refractivity (Wildman–Crippen MR) is 88.9 cm³/mol. The first-order chi connectivity index (χ1) is 10.2. The number of hydrogen-bond acceptors (Lipinski definition) is 3. The zero-order chi connectivity index (χ0) is 15.1. The Labute approximate surface area is 129 Å². The lowest BCUT2D eigenvalue weighted by atomic mass is 10.1. The molecule has 2 nitrogen and oxygen atoms in total. The van der Waals surface area contributed by atoms with Gasteiger partial charge in [0, 0.05) is 16.7 Å². The van der Waals surface area contributed by atoms with Crippen LogP contribution >= 0.6 is 11.8 Å². The lowest BCUT2D eigenvalue weighted by Crippen LogP contribution is -1.97. The molecule has 0 amide bonds. The van der Waals surface area contributed by atoms with Gasteiger partial charge in [-0.25, -0.2) is 4.79 Å². The van der Waals surface area contributed by atoms with E-state index in [1.807, 2.05) is 49.4 Å². The largest absolute Gasteiger partial charge is 0.466 e. The van der Waals surface area contributed by atoms with E-state index in [0.717, 1.165) is 21.8 Å². The molecule has 0 aromatic heterocycles. The maximum absolute atomic E-state index is 11.6. The quantitative estimate of drug-likeness (QED) is 0.603. The van der Waals surface area contributed by atoms with Gasteiger partial charge < -0.3 is 4.74 Å². The Balaban J connectivity index is 2.23. The SMILES string of the molecule is COC(=O)/C=C(\SCc1ccccc1)c1ccccc1C. The van der Waals surface area contributed by atoms with Crippen LogP contribution < -0.4 is 0 Å². The van der Waals surface area contributed by atoms with Gasteiger partial charge in [0.05, 0.1) is 7.11 Å². The molecule has 2 rings (SSSR count). The molecule has 0 saturated heterocycles. The number of ether oxygens (including phenoxy) is 1. The van der Waals surface area contributed by atoms with Crippen LogP contribution in [0.1, 0.15) is 16.7 Å². The van der Waals surface area contributed by atoms with Crippen molar-refractivity contribution < 1.29 is 9.53 Å². The lowest BCUT2D eigenvalue weighted by molar-refractivity contribution is -0.134. The number of aryl methyl sites for hydroxylation is 1. The minimum absolute atomic E-state index is 0.325. The fraction of sp³-hybridized carbons (Fsp3) is 0.167. The zero-order valence-electron chi connectivity index (χ0n) is 12.2. The Morgan fingerprint density at radius 3 is 2.43 bits per heavy atom. The van der Waals surface area contributed by atoms with Crippen LogP contribution in [0, 0.1) is 6.92 Å². The first-order valence-corrected chi connectivity index (χ1v) is 7.71. The van der Waals surface area contributed by atoms with Gasteiger partial charge in [-0.3, -0.25) is 0 Å². The number of hydrogen-bond donors (Lipinski definition) is 0. The molecule has 3 heteroatoms. The van der Waals surface area contributed by atoms with Crippen LogP contribution in [-0.4, -0.2) is 13.1 Å². The number of methoxy groups -OCH3 is 1. The normalized spacial score (nSPS) is 11.2. The van der Waals surface area contributed by atoms with Crippen molar-refractivity contribution in [3.63, 3.8) is 0 Å². The van der Waals surface area contributed by atoms with Crippen molar-refractivity contribution in [2.45, 2.75) is 12.7 Å². The minimum atomic E-state index is -0.325. The third kappa shape index (κ3) is 4.50. The van der Waals surface area contributed by atoms with E-state index in [2.05, 4.69) is 12.1 Å². The Morgan fingerprint density at radius 2 is 1.76 bits per heavy atom. The Kier molecular flexibility index (Phi) is 5.64. The van der Waals surface area contributed by atoms with Crippen LogP contribution in [0.5, 0.6) is 0 Å². The van der Waals surface area contributed by atoms with E-state index in [1.54, 1.807) is 17.8 Å². The van der Waals surface area contributed by atoms with Crippen molar-refractivity contribution in [2.75, 3.05) is 7.11 Å². The molecule has 2 aromatic carbocycles. The summed E-state index contributed by atoms with van der Waals surface area (Å²) in [6.45, 7) is 2.05. The monoisotopic (exact) mass is 298 g/mol. The molecule has 21 heavy (non-hydrogen) atoms. The topological polar surface area (TPSA) is 26.3 Å². The zero-order valence-corrected chi connectivity index (χ0v) is 13.0. The van der Waals surface area contributed by atoms with Crippen molar-refractivity contribution in [1.82, 2.24) is 0 Å². The van der Waals surface area contributed by atoms with E-state index in [9.17, 15) is 4.79 Å². The first kappa shape index (κ1) is 15.4. The van der Waals surface area contributed by atoms with Gasteiger partial charge in [-0.1, -0.05) is 54.6 Å². The van der Waals surface area contributed by atoms with Gasteiger partial charge in [0.15, 0.2) is 0 Å². The highest BCUT2D eigenvalue weighted by Gasteiger charge is 2.09. The van der Waals surface area contributed by atoms with Gasteiger partial charge in [0.25, 0.3) is 0 Å². The van der Waals surface area contributed by atoms with E-state index in [-0.39, 0.29) is 5.97 Å². The fourth-order valence-electron chi connectivity index (χ4n) is 1.95. The maximum Gasteiger partial charge on any atom is 0.331 e. The summed E-state index contributed by atoms with van der Waals surface area (Å²) < 4.78 is 4.77. The van der Waals surface area contributed by atoms with Crippen LogP contribution in [0.3, 0.4) is 0 Å². The van der Waals surface area contributed by atoms with Gasteiger partial charge >= 0.3 is 5.97 Å². The lowest BCUT2D eigenvalue weighted by Gasteiger charge is -2.10. The average Bonchev–Trinajstić information content (AvgIpc) is 2.53. The molecule has 0 aliphatic heterocycles. The highest BCUT2D eigenvalue weighted by atomic mass is 32.2. The molecule has 0 unspecified atom stereocenters. The molecule has 2 aromatic rings. The Hall–Kier alpha value is -2.00. The summed E-state index contributed by atoms with van der Waals surface area (Å²) in [6.07, 6.45) is 1.57. The molecule has 0 radical (unpaired) electrons. The third-order valence-corrected chi connectivity index (χ3v) is 4.22. The molecule has 0 fully saturated rings. The molecule has 0 N–H and O–H groups in total. The van der Waals surface area contributed by atoms with Crippen molar-refractivity contribution in [3.05, 3.63) is 77.4 Å². The second-order valence-electron chi connectivity index (χ2n) is 4.62. The van der Waals surface area contributed by atoms with Gasteiger partial charge in [-0.15, -0.1) is 11.8 Å². The molecule has 0 aliphatic rings. The summed E-state index contributed by atoms with van der Waals surface area (Å²) >= 11 is 1.65. The van der Waals surface area contributed by atoms with Gasteiger partial charge in [0.2, 0.25) is 0 Å². The number of thioether (sulfide) groups is 1. The number of rotatable bonds is 5. The molecule has 0 heterocycles. The molecule has 0 aliphatic carbocycles. The summed E-state index contributed by atoms with van der Waals surface area (Å²) in [5, 5.41) is 0. The highest BCUT2D eigenvalue weighted by Crippen LogP contribution is 2.32. The second kappa shape index (κ2) is 7.70. The number of carbonyl (C=O) groups excluding carboxylic acids is 1. The first-order valence-electron chi connectivity index (χ1n) is 6.73. The van der Waals surface area contributed by atoms with E-state index >= 15 is 0 Å². The van der Waals surface area contributed by atoms with E-state index in [1.165, 1.54) is 12.7 Å². The Morgan fingerprint density at radius 1 is 1.10 bits per heavy atom. The Bertz CT molecular complexity index is 633. The summed E-state index contributed by atoms with van der Waals surface area (Å²) in [5.41, 5.74) is 3.45. The molecule has 0 saturated carbocycles. The number of esters is 1. The fourth-order valence-corrected chi connectivity index (χ4v) is 3.03. The van der Waals surface area contributed by atoms with E-state index in [0.29, 0.717) is 0 Å². The van der Waals surface area contributed by atoms with Crippen LogP contribution in [0.4, 0.5) is 0 Å². The van der Waals surface area contributed by atoms with Crippen molar-refractivity contribution in [1.29, 1.82) is 0 Å². The van der Waals surface area contributed by atoms with Crippen LogP contribution in [0.15, 0.2) is 60.7 Å². The summed E-state index contributed by atoms with van der Waals surface area (Å²) in [7, 11) is 1.40. The standard InChI is InChI=1S/C18H18O2S/c1-14-8-6-7-11-16(14)17(12-18(19)20-2)21-13-15-9-4-3-5-10-15/h3-12H,13H2,1-2H3/b17-12-. The molecular formula is C18H18O2S. The highest BCUT2D eigenvalue weighted by molar-refractivity contribution is 8.07. The summed E-state index contributed by atoms with van der Waals surface area (Å²) in [4.78, 5) is 12.5. The van der Waals surface area contributed by atoms with Crippen LogP contribution in [0.2, 0.25) is 0 Å². The maximum atomic E-state index is 11.6. The number of carbonyl (C=O) groups is 1. The summed E-state index contributed by atoms with van der Waals surface area (Å²) in [6, 6.07) is 18.3. The molecular weight excluding hydrogens is 280 g/mol. The third-order valence-electron chi connectivity index (χ3n) is 3.10. The second-order valence-corrected chi connectivity index (χ2v) is 5.64. The van der Waals surface area contributed by atoms with E-state index < -0.39 is 0 Å². The van der Waals surface area contributed by atoms with Crippen molar-refractivity contribution >= 4 is 22.6 Å². The smallest absolute Gasteiger partial charge is 0.331 e. The van der Waals surface area contributed by atoms with Crippen molar-refractivity contribution in [2.24, 2.45) is 0 Å². The molecule has 0 spiro atoms. The van der Waals surface area contributed by atoms with Gasteiger partial charge in [0.1, 0.15) is 0 Å². The minimum Gasteiger partial charge on any atom is -0.466 e. The van der Waals surface area contributed by atoms with E-state index in [4.69, 9.17) is 4.74 Å². The molecule has 108 valence electrons. The van der Waals surface area contributed by atoms with Gasteiger partial charge in [-0.05, 0) is 23.6 Å². The predicted octanol–water partition coefficient (Wildman–Crippen LogP) is 4.44.